The summed E-state index contributed by atoms with van der Waals surface area (Å²) in [5, 5.41) is 6.34. The van der Waals surface area contributed by atoms with E-state index in [-0.39, 0.29) is 11.9 Å². The lowest BCUT2D eigenvalue weighted by atomic mass is 9.88. The van der Waals surface area contributed by atoms with Gasteiger partial charge in [-0.25, -0.2) is 4.79 Å². The van der Waals surface area contributed by atoms with Crippen molar-refractivity contribution in [1.29, 1.82) is 0 Å². The molecule has 3 aromatic rings. The highest BCUT2D eigenvalue weighted by molar-refractivity contribution is 6.33. The topological polar surface area (TPSA) is 41.1 Å². The van der Waals surface area contributed by atoms with Crippen LogP contribution in [-0.2, 0) is 0 Å². The lowest BCUT2D eigenvalue weighted by Gasteiger charge is -2.19. The molecule has 138 valence electrons. The molecule has 0 radical (unpaired) electrons. The zero-order chi connectivity index (χ0) is 19.1. The Labute approximate surface area is 165 Å². The molecule has 0 aliphatic carbocycles. The summed E-state index contributed by atoms with van der Waals surface area (Å²) in [6.45, 7) is 2.48. The number of carbonyl (C=O) groups excluding carboxylic acids is 1. The summed E-state index contributed by atoms with van der Waals surface area (Å²) in [6.07, 6.45) is 0.808. The third-order valence-electron chi connectivity index (χ3n) is 4.58. The SMILES string of the molecule is Cc1cccc(Cl)c1NC(=O)NCCC(c1ccccc1)c1ccccc1. The number of amides is 2. The minimum Gasteiger partial charge on any atom is -0.338 e. The summed E-state index contributed by atoms with van der Waals surface area (Å²) in [6, 6.07) is 26.1. The van der Waals surface area contributed by atoms with Gasteiger partial charge in [-0.3, -0.25) is 0 Å². The number of rotatable bonds is 6. The van der Waals surface area contributed by atoms with E-state index in [1.807, 2.05) is 55.5 Å². The molecule has 0 saturated carbocycles. The summed E-state index contributed by atoms with van der Waals surface area (Å²) >= 11 is 6.18. The quantitative estimate of drug-likeness (QED) is 0.543. The summed E-state index contributed by atoms with van der Waals surface area (Å²) < 4.78 is 0. The van der Waals surface area contributed by atoms with Gasteiger partial charge < -0.3 is 10.6 Å². The van der Waals surface area contributed by atoms with E-state index in [0.29, 0.717) is 17.3 Å². The highest BCUT2D eigenvalue weighted by Gasteiger charge is 2.14. The van der Waals surface area contributed by atoms with Crippen molar-refractivity contribution in [2.75, 3.05) is 11.9 Å². The molecule has 0 spiro atoms. The van der Waals surface area contributed by atoms with E-state index in [1.54, 1.807) is 6.07 Å². The molecule has 3 rings (SSSR count). The van der Waals surface area contributed by atoms with Crippen LogP contribution in [0.5, 0.6) is 0 Å². The molecule has 3 nitrogen and oxygen atoms in total. The number of para-hydroxylation sites is 1. The van der Waals surface area contributed by atoms with E-state index in [9.17, 15) is 4.79 Å². The first-order valence-corrected chi connectivity index (χ1v) is 9.43. The van der Waals surface area contributed by atoms with Crippen LogP contribution in [0, 0.1) is 6.92 Å². The van der Waals surface area contributed by atoms with Crippen LogP contribution in [0.3, 0.4) is 0 Å². The number of benzene rings is 3. The van der Waals surface area contributed by atoms with E-state index in [4.69, 9.17) is 11.6 Å². The lowest BCUT2D eigenvalue weighted by molar-refractivity contribution is 0.252. The molecule has 0 unspecified atom stereocenters. The van der Waals surface area contributed by atoms with Gasteiger partial charge >= 0.3 is 6.03 Å². The fourth-order valence-corrected chi connectivity index (χ4v) is 3.44. The van der Waals surface area contributed by atoms with E-state index in [2.05, 4.69) is 34.9 Å². The molecule has 0 atom stereocenters. The van der Waals surface area contributed by atoms with Crippen LogP contribution >= 0.6 is 11.6 Å². The fourth-order valence-electron chi connectivity index (χ4n) is 3.17. The fraction of sp³-hybridized carbons (Fsp3) is 0.174. The predicted octanol–water partition coefficient (Wildman–Crippen LogP) is 5.99. The Balaban J connectivity index is 1.63. The molecule has 3 aromatic carbocycles. The summed E-state index contributed by atoms with van der Waals surface area (Å²) in [5.74, 6) is 0.231. The average Bonchev–Trinajstić information content (AvgIpc) is 2.69. The van der Waals surface area contributed by atoms with Gasteiger partial charge in [0.15, 0.2) is 0 Å². The van der Waals surface area contributed by atoms with E-state index in [0.717, 1.165) is 12.0 Å². The number of urea groups is 1. The summed E-state index contributed by atoms with van der Waals surface area (Å²) in [5.41, 5.74) is 4.07. The number of nitrogens with one attached hydrogen (secondary N) is 2. The molecule has 0 aliphatic heterocycles. The average molecular weight is 379 g/mol. The molecule has 0 heterocycles. The van der Waals surface area contributed by atoms with Gasteiger partial charge in [-0.2, -0.15) is 0 Å². The van der Waals surface area contributed by atoms with Crippen molar-refractivity contribution in [2.24, 2.45) is 0 Å². The van der Waals surface area contributed by atoms with E-state index < -0.39 is 0 Å². The molecule has 0 aliphatic rings. The van der Waals surface area contributed by atoms with Gasteiger partial charge in [0.2, 0.25) is 0 Å². The molecule has 27 heavy (non-hydrogen) atoms. The van der Waals surface area contributed by atoms with Crippen molar-refractivity contribution in [3.63, 3.8) is 0 Å². The van der Waals surface area contributed by atoms with Crippen LogP contribution < -0.4 is 10.6 Å². The standard InChI is InChI=1S/C23H23ClN2O/c1-17-9-8-14-21(24)22(17)26-23(27)25-16-15-20(18-10-4-2-5-11-18)19-12-6-3-7-13-19/h2-14,20H,15-16H2,1H3,(H2,25,26,27). The second kappa shape index (κ2) is 9.24. The van der Waals surface area contributed by atoms with Gasteiger partial charge in [0, 0.05) is 12.5 Å². The molecular weight excluding hydrogens is 356 g/mol. The Bertz CT molecular complexity index is 822. The van der Waals surface area contributed by atoms with Crippen LogP contribution in [-0.4, -0.2) is 12.6 Å². The normalized spacial score (nSPS) is 10.6. The Morgan fingerprint density at radius 2 is 1.48 bits per heavy atom. The largest absolute Gasteiger partial charge is 0.338 e. The van der Waals surface area contributed by atoms with Crippen molar-refractivity contribution in [2.45, 2.75) is 19.3 Å². The smallest absolute Gasteiger partial charge is 0.319 e. The highest BCUT2D eigenvalue weighted by atomic mass is 35.5. The van der Waals surface area contributed by atoms with Crippen LogP contribution in [0.1, 0.15) is 29.0 Å². The number of aryl methyl sites for hydroxylation is 1. The Kier molecular flexibility index (Phi) is 6.50. The minimum absolute atomic E-state index is 0.231. The van der Waals surface area contributed by atoms with Gasteiger partial charge in [0.1, 0.15) is 0 Å². The third-order valence-corrected chi connectivity index (χ3v) is 4.90. The van der Waals surface area contributed by atoms with Crippen LogP contribution in [0.15, 0.2) is 78.9 Å². The van der Waals surface area contributed by atoms with Crippen molar-refractivity contribution in [3.8, 4) is 0 Å². The molecule has 0 aromatic heterocycles. The summed E-state index contributed by atoms with van der Waals surface area (Å²) in [7, 11) is 0. The number of carbonyl (C=O) groups is 1. The van der Waals surface area contributed by atoms with Crippen LogP contribution in [0.2, 0.25) is 5.02 Å². The predicted molar refractivity (Wildman–Crippen MR) is 113 cm³/mol. The maximum atomic E-state index is 12.3. The molecule has 0 bridgehead atoms. The lowest BCUT2D eigenvalue weighted by Crippen LogP contribution is -2.30. The maximum Gasteiger partial charge on any atom is 0.319 e. The molecule has 2 N–H and O–H groups in total. The number of anilines is 1. The number of hydrogen-bond acceptors (Lipinski definition) is 1. The third kappa shape index (κ3) is 5.11. The van der Waals surface area contributed by atoms with Gasteiger partial charge in [0.25, 0.3) is 0 Å². The second-order valence-corrected chi connectivity index (χ2v) is 6.88. The van der Waals surface area contributed by atoms with Gasteiger partial charge in [-0.1, -0.05) is 84.4 Å². The van der Waals surface area contributed by atoms with Crippen molar-refractivity contribution in [3.05, 3.63) is 101 Å². The van der Waals surface area contributed by atoms with E-state index in [1.165, 1.54) is 11.1 Å². The van der Waals surface area contributed by atoms with Crippen LogP contribution in [0.4, 0.5) is 10.5 Å². The Hall–Kier alpha value is -2.78. The molecular formula is C23H23ClN2O. The van der Waals surface area contributed by atoms with Gasteiger partial charge in [-0.15, -0.1) is 0 Å². The maximum absolute atomic E-state index is 12.3. The zero-order valence-electron chi connectivity index (χ0n) is 15.3. The molecule has 0 saturated heterocycles. The minimum atomic E-state index is -0.244. The van der Waals surface area contributed by atoms with Crippen LogP contribution in [0.25, 0.3) is 0 Å². The highest BCUT2D eigenvalue weighted by Crippen LogP contribution is 2.28. The second-order valence-electron chi connectivity index (χ2n) is 6.48. The number of hydrogen-bond donors (Lipinski definition) is 2. The first-order chi connectivity index (χ1) is 13.1. The van der Waals surface area contributed by atoms with Crippen molar-refractivity contribution in [1.82, 2.24) is 5.32 Å². The molecule has 2 amide bonds. The van der Waals surface area contributed by atoms with Crippen molar-refractivity contribution < 1.29 is 4.79 Å². The zero-order valence-corrected chi connectivity index (χ0v) is 16.0. The van der Waals surface area contributed by atoms with E-state index >= 15 is 0 Å². The first kappa shape index (κ1) is 19.0. The van der Waals surface area contributed by atoms with Gasteiger partial charge in [0.05, 0.1) is 10.7 Å². The number of halogens is 1. The Morgan fingerprint density at radius 1 is 0.889 bits per heavy atom. The summed E-state index contributed by atoms with van der Waals surface area (Å²) in [4.78, 5) is 12.3. The van der Waals surface area contributed by atoms with Gasteiger partial charge in [-0.05, 0) is 36.1 Å². The first-order valence-electron chi connectivity index (χ1n) is 9.05. The Morgan fingerprint density at radius 3 is 2.04 bits per heavy atom. The molecule has 4 heteroatoms. The monoisotopic (exact) mass is 378 g/mol. The van der Waals surface area contributed by atoms with Crippen molar-refractivity contribution >= 4 is 23.3 Å². The molecule has 0 fully saturated rings.